The molecule has 3 aliphatic rings. The SMILES string of the molecule is O=C(NCc1ccc(CN2CCOCC2)cc1)[C@]12CC[C@H](C[C@@H]1Br)C2. The maximum atomic E-state index is 12.8. The number of alkyl halides is 1. The molecule has 3 fully saturated rings. The Hall–Kier alpha value is -0.910. The summed E-state index contributed by atoms with van der Waals surface area (Å²) >= 11 is 3.76. The van der Waals surface area contributed by atoms with Gasteiger partial charge in [0.05, 0.1) is 18.6 Å². The number of nitrogens with zero attached hydrogens (tertiary/aromatic N) is 1. The average molecular weight is 407 g/mol. The Morgan fingerprint density at radius 3 is 2.60 bits per heavy atom. The third-order valence-corrected chi connectivity index (χ3v) is 7.48. The van der Waals surface area contributed by atoms with Crippen LogP contribution < -0.4 is 5.32 Å². The number of benzene rings is 1. The summed E-state index contributed by atoms with van der Waals surface area (Å²) in [6.45, 7) is 5.29. The summed E-state index contributed by atoms with van der Waals surface area (Å²) in [6.07, 6.45) is 4.47. The second kappa shape index (κ2) is 7.37. The molecule has 1 saturated heterocycles. The largest absolute Gasteiger partial charge is 0.379 e. The molecule has 3 atom stereocenters. The van der Waals surface area contributed by atoms with Crippen LogP contribution >= 0.6 is 15.9 Å². The van der Waals surface area contributed by atoms with Crippen LogP contribution in [0.25, 0.3) is 0 Å². The van der Waals surface area contributed by atoms with Crippen molar-refractivity contribution in [1.29, 1.82) is 0 Å². The zero-order valence-electron chi connectivity index (χ0n) is 14.7. The first-order valence-electron chi connectivity index (χ1n) is 9.46. The Kier molecular flexibility index (Phi) is 5.16. The molecule has 1 aliphatic heterocycles. The lowest BCUT2D eigenvalue weighted by Crippen LogP contribution is -2.43. The third kappa shape index (κ3) is 3.64. The first-order valence-corrected chi connectivity index (χ1v) is 10.4. The molecule has 0 aromatic heterocycles. The van der Waals surface area contributed by atoms with Crippen LogP contribution in [0.15, 0.2) is 24.3 Å². The van der Waals surface area contributed by atoms with Gasteiger partial charge >= 0.3 is 0 Å². The number of ether oxygens (including phenoxy) is 1. The van der Waals surface area contributed by atoms with E-state index in [1.165, 1.54) is 17.5 Å². The second-order valence-corrected chi connectivity index (χ2v) is 8.96. The number of amides is 1. The summed E-state index contributed by atoms with van der Waals surface area (Å²) in [6, 6.07) is 8.66. The van der Waals surface area contributed by atoms with Crippen LogP contribution in [-0.2, 0) is 22.6 Å². The van der Waals surface area contributed by atoms with Crippen LogP contribution in [-0.4, -0.2) is 41.9 Å². The maximum Gasteiger partial charge on any atom is 0.227 e. The predicted molar refractivity (Wildman–Crippen MR) is 101 cm³/mol. The zero-order chi connectivity index (χ0) is 17.3. The Labute approximate surface area is 158 Å². The molecule has 0 radical (unpaired) electrons. The van der Waals surface area contributed by atoms with Gasteiger partial charge in [-0.05, 0) is 42.7 Å². The number of fused-ring (bicyclic) bond motifs is 2. The smallest absolute Gasteiger partial charge is 0.227 e. The quantitative estimate of drug-likeness (QED) is 0.763. The summed E-state index contributed by atoms with van der Waals surface area (Å²) in [4.78, 5) is 15.6. The highest BCUT2D eigenvalue weighted by Gasteiger charge is 2.55. The van der Waals surface area contributed by atoms with Crippen LogP contribution in [0.3, 0.4) is 0 Å². The van der Waals surface area contributed by atoms with Crippen molar-refractivity contribution in [2.75, 3.05) is 26.3 Å². The van der Waals surface area contributed by atoms with Gasteiger partial charge in [-0.3, -0.25) is 9.69 Å². The molecule has 25 heavy (non-hydrogen) atoms. The Morgan fingerprint density at radius 1 is 1.24 bits per heavy atom. The maximum absolute atomic E-state index is 12.8. The molecular weight excluding hydrogens is 380 g/mol. The number of halogens is 1. The molecule has 0 unspecified atom stereocenters. The molecule has 2 aliphatic carbocycles. The van der Waals surface area contributed by atoms with E-state index in [1.807, 2.05) is 0 Å². The zero-order valence-corrected chi connectivity index (χ0v) is 16.3. The minimum Gasteiger partial charge on any atom is -0.379 e. The van der Waals surface area contributed by atoms with E-state index in [0.29, 0.717) is 11.4 Å². The van der Waals surface area contributed by atoms with Gasteiger partial charge in [-0.2, -0.15) is 0 Å². The van der Waals surface area contributed by atoms with Crippen LogP contribution in [0.5, 0.6) is 0 Å². The van der Waals surface area contributed by atoms with E-state index in [1.54, 1.807) is 0 Å². The van der Waals surface area contributed by atoms with Gasteiger partial charge in [0.25, 0.3) is 0 Å². The molecule has 1 aromatic carbocycles. The first-order chi connectivity index (χ1) is 12.2. The van der Waals surface area contributed by atoms with E-state index >= 15 is 0 Å². The van der Waals surface area contributed by atoms with Crippen molar-refractivity contribution in [1.82, 2.24) is 10.2 Å². The van der Waals surface area contributed by atoms with Crippen molar-refractivity contribution in [3.63, 3.8) is 0 Å². The molecule has 1 amide bonds. The monoisotopic (exact) mass is 406 g/mol. The third-order valence-electron chi connectivity index (χ3n) is 6.23. The van der Waals surface area contributed by atoms with E-state index in [2.05, 4.69) is 50.4 Å². The summed E-state index contributed by atoms with van der Waals surface area (Å²) < 4.78 is 5.40. The predicted octanol–water partition coefficient (Wildman–Crippen LogP) is 3.09. The van der Waals surface area contributed by atoms with Gasteiger partial charge < -0.3 is 10.1 Å². The summed E-state index contributed by atoms with van der Waals surface area (Å²) in [5, 5.41) is 3.19. The Bertz CT molecular complexity index is 615. The molecule has 0 spiro atoms. The number of nitrogens with one attached hydrogen (secondary N) is 1. The fourth-order valence-electron chi connectivity index (χ4n) is 4.67. The minimum atomic E-state index is -0.152. The number of hydrogen-bond donors (Lipinski definition) is 1. The van der Waals surface area contributed by atoms with Crippen molar-refractivity contribution < 1.29 is 9.53 Å². The van der Waals surface area contributed by atoms with Gasteiger partial charge in [-0.25, -0.2) is 0 Å². The van der Waals surface area contributed by atoms with Crippen molar-refractivity contribution in [2.24, 2.45) is 11.3 Å². The fraction of sp³-hybridized carbons (Fsp3) is 0.650. The molecule has 4 nitrogen and oxygen atoms in total. The van der Waals surface area contributed by atoms with Crippen molar-refractivity contribution in [3.05, 3.63) is 35.4 Å². The molecule has 2 saturated carbocycles. The highest BCUT2D eigenvalue weighted by atomic mass is 79.9. The molecule has 136 valence electrons. The normalized spacial score (nSPS) is 32.0. The highest BCUT2D eigenvalue weighted by molar-refractivity contribution is 9.09. The molecule has 1 N–H and O–H groups in total. The van der Waals surface area contributed by atoms with Gasteiger partial charge in [0, 0.05) is 31.0 Å². The molecule has 2 bridgehead atoms. The number of morpholine rings is 1. The lowest BCUT2D eigenvalue weighted by atomic mass is 9.83. The van der Waals surface area contributed by atoms with Crippen LogP contribution in [0.2, 0.25) is 0 Å². The molecule has 4 rings (SSSR count). The minimum absolute atomic E-state index is 0.152. The van der Waals surface area contributed by atoms with Gasteiger partial charge in [-0.15, -0.1) is 0 Å². The van der Waals surface area contributed by atoms with E-state index in [0.717, 1.165) is 58.0 Å². The Balaban J connectivity index is 1.30. The second-order valence-electron chi connectivity index (χ2n) is 7.86. The van der Waals surface area contributed by atoms with Gasteiger partial charge in [0.1, 0.15) is 0 Å². The van der Waals surface area contributed by atoms with Gasteiger partial charge in [0.2, 0.25) is 5.91 Å². The van der Waals surface area contributed by atoms with Crippen molar-refractivity contribution in [2.45, 2.75) is 43.6 Å². The lowest BCUT2D eigenvalue weighted by Gasteiger charge is -2.30. The molecule has 5 heteroatoms. The van der Waals surface area contributed by atoms with Gasteiger partial charge in [-0.1, -0.05) is 40.2 Å². The van der Waals surface area contributed by atoms with Crippen molar-refractivity contribution in [3.8, 4) is 0 Å². The van der Waals surface area contributed by atoms with E-state index in [9.17, 15) is 4.79 Å². The lowest BCUT2D eigenvalue weighted by molar-refractivity contribution is -0.130. The highest BCUT2D eigenvalue weighted by Crippen LogP contribution is 2.57. The van der Waals surface area contributed by atoms with E-state index < -0.39 is 0 Å². The topological polar surface area (TPSA) is 41.6 Å². The number of carbonyl (C=O) groups is 1. The summed E-state index contributed by atoms with van der Waals surface area (Å²) in [7, 11) is 0. The van der Waals surface area contributed by atoms with E-state index in [4.69, 9.17) is 4.74 Å². The fourth-order valence-corrected chi connectivity index (χ4v) is 5.82. The van der Waals surface area contributed by atoms with Crippen molar-refractivity contribution >= 4 is 21.8 Å². The average Bonchev–Trinajstić information content (AvgIpc) is 3.20. The number of carbonyl (C=O) groups excluding carboxylic acids is 1. The van der Waals surface area contributed by atoms with Crippen LogP contribution in [0.1, 0.15) is 36.8 Å². The number of rotatable bonds is 5. The molecule has 1 heterocycles. The summed E-state index contributed by atoms with van der Waals surface area (Å²) in [5.74, 6) is 0.987. The van der Waals surface area contributed by atoms with Gasteiger partial charge in [0.15, 0.2) is 0 Å². The van der Waals surface area contributed by atoms with Crippen LogP contribution in [0.4, 0.5) is 0 Å². The van der Waals surface area contributed by atoms with E-state index in [-0.39, 0.29) is 11.3 Å². The standard InChI is InChI=1S/C20H27BrN2O2/c21-18-11-17-5-6-20(18,12-17)19(24)22-13-15-1-3-16(4-2-15)14-23-7-9-25-10-8-23/h1-4,17-18H,5-14H2,(H,22,24)/t17-,18+,20+/m1/s1. The molecular formula is C20H27BrN2O2. The Morgan fingerprint density at radius 2 is 1.96 bits per heavy atom. The molecule has 1 aromatic rings. The first kappa shape index (κ1) is 17.5. The number of hydrogen-bond acceptors (Lipinski definition) is 3. The van der Waals surface area contributed by atoms with Crippen LogP contribution in [0, 0.1) is 11.3 Å². The summed E-state index contributed by atoms with van der Waals surface area (Å²) in [5.41, 5.74) is 2.35.